The highest BCUT2D eigenvalue weighted by Crippen LogP contribution is 2.26. The second kappa shape index (κ2) is 8.58. The van der Waals surface area contributed by atoms with Crippen LogP contribution in [0.15, 0.2) is 34.9 Å². The zero-order valence-corrected chi connectivity index (χ0v) is 15.9. The van der Waals surface area contributed by atoms with Gasteiger partial charge in [-0.05, 0) is 50.1 Å². The summed E-state index contributed by atoms with van der Waals surface area (Å²) in [6.07, 6.45) is 2.34. The first-order valence-electron chi connectivity index (χ1n) is 8.14. The molecule has 3 rings (SSSR count). The van der Waals surface area contributed by atoms with Crippen LogP contribution in [-0.4, -0.2) is 36.3 Å². The van der Waals surface area contributed by atoms with E-state index in [2.05, 4.69) is 5.32 Å². The number of rotatable bonds is 4. The number of amides is 2. The standard InChI is InChI=1S/C18H20ClN3O3.ClH/c1-11-14(5-7-25-11)17(23)21-16-8-13(19)2-3-15(16)18(24)22-6-4-12(9-20)10-22;/h2-3,5,7-8,12H,4,6,9-10,20H2,1H3,(H,21,23);1H. The minimum Gasteiger partial charge on any atom is -0.469 e. The van der Waals surface area contributed by atoms with E-state index in [0.29, 0.717) is 53.1 Å². The van der Waals surface area contributed by atoms with Crippen molar-refractivity contribution in [2.45, 2.75) is 13.3 Å². The largest absolute Gasteiger partial charge is 0.469 e. The molecule has 1 aromatic carbocycles. The fraction of sp³-hybridized carbons (Fsp3) is 0.333. The highest BCUT2D eigenvalue weighted by atomic mass is 35.5. The number of halogens is 2. The molecule has 1 unspecified atom stereocenters. The van der Waals surface area contributed by atoms with Crippen molar-refractivity contribution in [1.82, 2.24) is 4.90 Å². The Labute approximate surface area is 163 Å². The average molecular weight is 398 g/mol. The summed E-state index contributed by atoms with van der Waals surface area (Å²) in [6, 6.07) is 6.45. The van der Waals surface area contributed by atoms with Crippen LogP contribution in [0.2, 0.25) is 5.02 Å². The average Bonchev–Trinajstić information content (AvgIpc) is 3.23. The highest BCUT2D eigenvalue weighted by Gasteiger charge is 2.28. The minimum atomic E-state index is -0.344. The predicted molar refractivity (Wildman–Crippen MR) is 103 cm³/mol. The van der Waals surface area contributed by atoms with Gasteiger partial charge in [0.2, 0.25) is 0 Å². The maximum absolute atomic E-state index is 12.8. The van der Waals surface area contributed by atoms with Crippen LogP contribution in [0.1, 0.15) is 32.9 Å². The number of nitrogens with two attached hydrogens (primary N) is 1. The van der Waals surface area contributed by atoms with Gasteiger partial charge < -0.3 is 20.4 Å². The number of nitrogens with zero attached hydrogens (tertiary/aromatic N) is 1. The van der Waals surface area contributed by atoms with Crippen LogP contribution in [0.3, 0.4) is 0 Å². The first kappa shape index (κ1) is 20.3. The van der Waals surface area contributed by atoms with E-state index in [1.54, 1.807) is 36.1 Å². The van der Waals surface area contributed by atoms with Gasteiger partial charge in [-0.3, -0.25) is 9.59 Å². The number of carbonyl (C=O) groups excluding carboxylic acids is 2. The first-order valence-corrected chi connectivity index (χ1v) is 8.51. The molecule has 2 heterocycles. The van der Waals surface area contributed by atoms with Crippen molar-refractivity contribution in [3.05, 3.63) is 52.4 Å². The van der Waals surface area contributed by atoms with Gasteiger partial charge in [0.25, 0.3) is 11.8 Å². The van der Waals surface area contributed by atoms with Crippen LogP contribution in [0.25, 0.3) is 0 Å². The zero-order valence-electron chi connectivity index (χ0n) is 14.3. The van der Waals surface area contributed by atoms with Crippen molar-refractivity contribution in [2.24, 2.45) is 11.7 Å². The lowest BCUT2D eigenvalue weighted by Crippen LogP contribution is -2.30. The molecule has 0 saturated carbocycles. The summed E-state index contributed by atoms with van der Waals surface area (Å²) in [5.74, 6) is 0.358. The molecule has 3 N–H and O–H groups in total. The summed E-state index contributed by atoms with van der Waals surface area (Å²) in [6.45, 7) is 3.56. The van der Waals surface area contributed by atoms with Gasteiger partial charge in [0.1, 0.15) is 5.76 Å². The first-order chi connectivity index (χ1) is 12.0. The Morgan fingerprint density at radius 1 is 1.35 bits per heavy atom. The topological polar surface area (TPSA) is 88.6 Å². The fourth-order valence-corrected chi connectivity index (χ4v) is 3.17. The zero-order chi connectivity index (χ0) is 18.0. The monoisotopic (exact) mass is 397 g/mol. The predicted octanol–water partition coefficient (Wildman–Crippen LogP) is 3.34. The number of hydrogen-bond acceptors (Lipinski definition) is 4. The van der Waals surface area contributed by atoms with Gasteiger partial charge in [-0.1, -0.05) is 11.6 Å². The van der Waals surface area contributed by atoms with Crippen molar-refractivity contribution < 1.29 is 14.0 Å². The third kappa shape index (κ3) is 4.20. The van der Waals surface area contributed by atoms with E-state index in [9.17, 15) is 9.59 Å². The molecule has 26 heavy (non-hydrogen) atoms. The number of furan rings is 1. The van der Waals surface area contributed by atoms with Crippen LogP contribution in [-0.2, 0) is 0 Å². The minimum absolute atomic E-state index is 0. The van der Waals surface area contributed by atoms with Gasteiger partial charge in [-0.2, -0.15) is 0 Å². The molecule has 1 aromatic heterocycles. The van der Waals surface area contributed by atoms with Gasteiger partial charge in [0.15, 0.2) is 0 Å². The maximum Gasteiger partial charge on any atom is 0.259 e. The summed E-state index contributed by atoms with van der Waals surface area (Å²) < 4.78 is 5.16. The van der Waals surface area contributed by atoms with Crippen molar-refractivity contribution in [3.8, 4) is 0 Å². The summed E-state index contributed by atoms with van der Waals surface area (Å²) in [5.41, 5.74) is 6.92. The number of carbonyl (C=O) groups is 2. The molecule has 1 aliphatic heterocycles. The molecule has 0 aliphatic carbocycles. The molecule has 1 aliphatic rings. The van der Waals surface area contributed by atoms with Crippen LogP contribution in [0, 0.1) is 12.8 Å². The van der Waals surface area contributed by atoms with E-state index >= 15 is 0 Å². The number of likely N-dealkylation sites (tertiary alicyclic amines) is 1. The van der Waals surface area contributed by atoms with E-state index in [4.69, 9.17) is 21.8 Å². The molecule has 8 heteroatoms. The SMILES string of the molecule is Cc1occc1C(=O)Nc1cc(Cl)ccc1C(=O)N1CCC(CN)C1.Cl. The van der Waals surface area contributed by atoms with Crippen LogP contribution < -0.4 is 11.1 Å². The number of benzene rings is 1. The molecule has 1 fully saturated rings. The quantitative estimate of drug-likeness (QED) is 0.827. The molecule has 1 atom stereocenters. The Hall–Kier alpha value is -2.02. The number of aryl methyl sites for hydroxylation is 1. The normalized spacial score (nSPS) is 16.3. The number of nitrogens with one attached hydrogen (secondary N) is 1. The number of anilines is 1. The Morgan fingerprint density at radius 3 is 2.73 bits per heavy atom. The highest BCUT2D eigenvalue weighted by molar-refractivity contribution is 6.31. The summed E-state index contributed by atoms with van der Waals surface area (Å²) in [7, 11) is 0. The third-order valence-electron chi connectivity index (χ3n) is 4.47. The smallest absolute Gasteiger partial charge is 0.259 e. The van der Waals surface area contributed by atoms with Crippen LogP contribution in [0.5, 0.6) is 0 Å². The molecular formula is C18H21Cl2N3O3. The van der Waals surface area contributed by atoms with Crippen LogP contribution in [0.4, 0.5) is 5.69 Å². The Kier molecular flexibility index (Phi) is 6.69. The molecule has 2 amide bonds. The fourth-order valence-electron chi connectivity index (χ4n) is 3.00. The van der Waals surface area contributed by atoms with Crippen molar-refractivity contribution in [2.75, 3.05) is 25.0 Å². The molecule has 140 valence electrons. The Balaban J connectivity index is 0.00000243. The van der Waals surface area contributed by atoms with E-state index in [1.165, 1.54) is 6.26 Å². The third-order valence-corrected chi connectivity index (χ3v) is 4.71. The summed E-state index contributed by atoms with van der Waals surface area (Å²) in [5, 5.41) is 3.21. The van der Waals surface area contributed by atoms with Crippen molar-refractivity contribution in [1.29, 1.82) is 0 Å². The Bertz CT molecular complexity index is 807. The summed E-state index contributed by atoms with van der Waals surface area (Å²) in [4.78, 5) is 27.1. The van der Waals surface area contributed by atoms with Crippen LogP contribution >= 0.6 is 24.0 Å². The molecule has 0 radical (unpaired) electrons. The second-order valence-electron chi connectivity index (χ2n) is 6.18. The van der Waals surface area contributed by atoms with Crippen molar-refractivity contribution in [3.63, 3.8) is 0 Å². The second-order valence-corrected chi connectivity index (χ2v) is 6.61. The van der Waals surface area contributed by atoms with E-state index < -0.39 is 0 Å². The number of hydrogen-bond donors (Lipinski definition) is 2. The summed E-state index contributed by atoms with van der Waals surface area (Å²) >= 11 is 6.06. The Morgan fingerprint density at radius 2 is 2.12 bits per heavy atom. The van der Waals surface area contributed by atoms with E-state index in [0.717, 1.165) is 6.42 Å². The van der Waals surface area contributed by atoms with Gasteiger partial charge in [0, 0.05) is 18.1 Å². The molecule has 0 bridgehead atoms. The molecular weight excluding hydrogens is 377 g/mol. The lowest BCUT2D eigenvalue weighted by atomic mass is 10.1. The lowest BCUT2D eigenvalue weighted by Gasteiger charge is -2.19. The van der Waals surface area contributed by atoms with Crippen molar-refractivity contribution >= 4 is 41.5 Å². The molecule has 1 saturated heterocycles. The molecule has 0 spiro atoms. The maximum atomic E-state index is 12.8. The van der Waals surface area contributed by atoms with Gasteiger partial charge >= 0.3 is 0 Å². The van der Waals surface area contributed by atoms with Gasteiger partial charge in [-0.25, -0.2) is 0 Å². The van der Waals surface area contributed by atoms with E-state index in [1.807, 2.05) is 0 Å². The molecule has 2 aromatic rings. The molecule has 6 nitrogen and oxygen atoms in total. The van der Waals surface area contributed by atoms with E-state index in [-0.39, 0.29) is 24.2 Å². The lowest BCUT2D eigenvalue weighted by molar-refractivity contribution is 0.0788. The van der Waals surface area contributed by atoms with Gasteiger partial charge in [-0.15, -0.1) is 12.4 Å². The van der Waals surface area contributed by atoms with Gasteiger partial charge in [0.05, 0.1) is 23.1 Å².